The summed E-state index contributed by atoms with van der Waals surface area (Å²) in [5.41, 5.74) is 1.71. The van der Waals surface area contributed by atoms with Gasteiger partial charge < -0.3 is 14.4 Å². The fraction of sp³-hybridized carbons (Fsp3) is 0.278. The van der Waals surface area contributed by atoms with Gasteiger partial charge in [-0.3, -0.25) is 4.79 Å². The molecule has 2 unspecified atom stereocenters. The molecular formula is C18H19NO3. The SMILES string of the molecule is COc1cccc(C(=O)N2CC(c3ccccc3)OC2C)c1. The van der Waals surface area contributed by atoms with Crippen molar-refractivity contribution in [2.45, 2.75) is 19.3 Å². The molecule has 1 saturated heterocycles. The lowest BCUT2D eigenvalue weighted by Gasteiger charge is -2.19. The van der Waals surface area contributed by atoms with Crippen LogP contribution in [0.3, 0.4) is 0 Å². The van der Waals surface area contributed by atoms with Crippen molar-refractivity contribution in [1.82, 2.24) is 4.90 Å². The Hall–Kier alpha value is -2.33. The Labute approximate surface area is 130 Å². The van der Waals surface area contributed by atoms with Gasteiger partial charge in [-0.05, 0) is 30.7 Å². The van der Waals surface area contributed by atoms with Gasteiger partial charge in [-0.2, -0.15) is 0 Å². The van der Waals surface area contributed by atoms with E-state index >= 15 is 0 Å². The summed E-state index contributed by atoms with van der Waals surface area (Å²) >= 11 is 0. The van der Waals surface area contributed by atoms with Gasteiger partial charge >= 0.3 is 0 Å². The van der Waals surface area contributed by atoms with Crippen LogP contribution >= 0.6 is 0 Å². The van der Waals surface area contributed by atoms with Crippen molar-refractivity contribution in [3.63, 3.8) is 0 Å². The van der Waals surface area contributed by atoms with Crippen LogP contribution in [0.2, 0.25) is 0 Å². The van der Waals surface area contributed by atoms with Crippen molar-refractivity contribution in [2.24, 2.45) is 0 Å². The molecule has 2 aromatic carbocycles. The van der Waals surface area contributed by atoms with Gasteiger partial charge in [0.15, 0.2) is 0 Å². The molecule has 2 aromatic rings. The third-order valence-corrected chi connectivity index (χ3v) is 3.91. The molecule has 0 spiro atoms. The summed E-state index contributed by atoms with van der Waals surface area (Å²) in [5.74, 6) is 0.642. The van der Waals surface area contributed by atoms with E-state index in [-0.39, 0.29) is 18.2 Å². The van der Waals surface area contributed by atoms with E-state index in [0.717, 1.165) is 5.56 Å². The normalized spacial score (nSPS) is 20.9. The fourth-order valence-corrected chi connectivity index (χ4v) is 2.70. The van der Waals surface area contributed by atoms with E-state index in [0.29, 0.717) is 17.9 Å². The lowest BCUT2D eigenvalue weighted by molar-refractivity contribution is 0.0137. The number of hydrogen-bond acceptors (Lipinski definition) is 3. The van der Waals surface area contributed by atoms with E-state index in [1.165, 1.54) is 0 Å². The molecule has 0 bridgehead atoms. The lowest BCUT2D eigenvalue weighted by atomic mass is 10.1. The fourth-order valence-electron chi connectivity index (χ4n) is 2.70. The number of rotatable bonds is 3. The molecule has 2 atom stereocenters. The van der Waals surface area contributed by atoms with Gasteiger partial charge in [-0.1, -0.05) is 36.4 Å². The molecule has 114 valence electrons. The first kappa shape index (κ1) is 14.6. The van der Waals surface area contributed by atoms with Crippen LogP contribution in [0.25, 0.3) is 0 Å². The van der Waals surface area contributed by atoms with Crippen LogP contribution in [0.15, 0.2) is 54.6 Å². The van der Waals surface area contributed by atoms with Crippen molar-refractivity contribution in [1.29, 1.82) is 0 Å². The molecule has 1 heterocycles. The van der Waals surface area contributed by atoms with E-state index in [1.54, 1.807) is 24.1 Å². The molecule has 3 rings (SSSR count). The summed E-state index contributed by atoms with van der Waals surface area (Å²) in [5, 5.41) is 0. The minimum absolute atomic E-state index is 0.0372. The predicted octanol–water partition coefficient (Wildman–Crippen LogP) is 3.25. The maximum atomic E-state index is 12.7. The zero-order valence-electron chi connectivity index (χ0n) is 12.7. The van der Waals surface area contributed by atoms with Crippen molar-refractivity contribution in [3.8, 4) is 5.75 Å². The molecule has 0 N–H and O–H groups in total. The van der Waals surface area contributed by atoms with Crippen LogP contribution < -0.4 is 4.74 Å². The van der Waals surface area contributed by atoms with Crippen LogP contribution in [-0.2, 0) is 4.74 Å². The third kappa shape index (κ3) is 2.83. The van der Waals surface area contributed by atoms with Crippen LogP contribution in [0, 0.1) is 0 Å². The van der Waals surface area contributed by atoms with Gasteiger partial charge in [0, 0.05) is 5.56 Å². The number of hydrogen-bond donors (Lipinski definition) is 0. The monoisotopic (exact) mass is 297 g/mol. The number of amides is 1. The Balaban J connectivity index is 1.78. The first-order chi connectivity index (χ1) is 10.7. The van der Waals surface area contributed by atoms with Gasteiger partial charge in [0.05, 0.1) is 13.7 Å². The summed E-state index contributed by atoms with van der Waals surface area (Å²) in [7, 11) is 1.59. The van der Waals surface area contributed by atoms with E-state index in [4.69, 9.17) is 9.47 Å². The molecule has 4 nitrogen and oxygen atoms in total. The molecule has 0 radical (unpaired) electrons. The molecule has 0 saturated carbocycles. The van der Waals surface area contributed by atoms with Gasteiger partial charge in [-0.15, -0.1) is 0 Å². The molecule has 0 aliphatic carbocycles. The van der Waals surface area contributed by atoms with Crippen molar-refractivity contribution in [3.05, 3.63) is 65.7 Å². The maximum Gasteiger partial charge on any atom is 0.256 e. The van der Waals surface area contributed by atoms with Crippen LogP contribution in [0.5, 0.6) is 5.75 Å². The summed E-state index contributed by atoms with van der Waals surface area (Å²) < 4.78 is 11.1. The highest BCUT2D eigenvalue weighted by molar-refractivity contribution is 5.94. The summed E-state index contributed by atoms with van der Waals surface area (Å²) in [6.45, 7) is 2.46. The smallest absolute Gasteiger partial charge is 0.256 e. The molecule has 4 heteroatoms. The topological polar surface area (TPSA) is 38.8 Å². The van der Waals surface area contributed by atoms with Crippen molar-refractivity contribution >= 4 is 5.91 Å². The summed E-state index contributed by atoms with van der Waals surface area (Å²) in [4.78, 5) is 14.4. The molecule has 1 aliphatic heterocycles. The average Bonchev–Trinajstić information content (AvgIpc) is 2.97. The first-order valence-corrected chi connectivity index (χ1v) is 7.34. The zero-order chi connectivity index (χ0) is 15.5. The third-order valence-electron chi connectivity index (χ3n) is 3.91. The maximum absolute atomic E-state index is 12.7. The molecular weight excluding hydrogens is 278 g/mol. The Morgan fingerprint density at radius 1 is 1.18 bits per heavy atom. The molecule has 1 fully saturated rings. The van der Waals surface area contributed by atoms with Gasteiger partial charge in [0.2, 0.25) is 0 Å². The second-order valence-corrected chi connectivity index (χ2v) is 5.32. The van der Waals surface area contributed by atoms with Gasteiger partial charge in [0.1, 0.15) is 18.1 Å². The Morgan fingerprint density at radius 2 is 1.95 bits per heavy atom. The number of nitrogens with zero attached hydrogens (tertiary/aromatic N) is 1. The number of benzene rings is 2. The minimum atomic E-state index is -0.246. The first-order valence-electron chi connectivity index (χ1n) is 7.34. The summed E-state index contributed by atoms with van der Waals surface area (Å²) in [6, 6.07) is 17.2. The molecule has 1 aliphatic rings. The molecule has 0 aromatic heterocycles. The predicted molar refractivity (Wildman–Crippen MR) is 83.8 cm³/mol. The van der Waals surface area contributed by atoms with E-state index in [2.05, 4.69) is 0 Å². The van der Waals surface area contributed by atoms with E-state index in [9.17, 15) is 4.79 Å². The Morgan fingerprint density at radius 3 is 2.68 bits per heavy atom. The lowest BCUT2D eigenvalue weighted by Crippen LogP contribution is -2.34. The second kappa shape index (κ2) is 6.20. The number of carbonyl (C=O) groups excluding carboxylic acids is 1. The quantitative estimate of drug-likeness (QED) is 0.873. The number of methoxy groups -OCH3 is 1. The average molecular weight is 297 g/mol. The second-order valence-electron chi connectivity index (χ2n) is 5.32. The molecule has 22 heavy (non-hydrogen) atoms. The van der Waals surface area contributed by atoms with E-state index in [1.807, 2.05) is 49.4 Å². The number of ether oxygens (including phenoxy) is 2. The van der Waals surface area contributed by atoms with Crippen LogP contribution in [0.4, 0.5) is 0 Å². The van der Waals surface area contributed by atoms with Crippen LogP contribution in [0.1, 0.15) is 28.9 Å². The number of carbonyl (C=O) groups is 1. The molecule has 1 amide bonds. The van der Waals surface area contributed by atoms with Gasteiger partial charge in [-0.25, -0.2) is 0 Å². The Kier molecular flexibility index (Phi) is 4.11. The highest BCUT2D eigenvalue weighted by atomic mass is 16.5. The van der Waals surface area contributed by atoms with E-state index < -0.39 is 0 Å². The minimum Gasteiger partial charge on any atom is -0.497 e. The highest BCUT2D eigenvalue weighted by Crippen LogP contribution is 2.30. The standard InChI is InChI=1S/C18H19NO3/c1-13-19(12-17(22-13)14-7-4-3-5-8-14)18(20)15-9-6-10-16(11-15)21-2/h3-11,13,17H,12H2,1-2H3. The van der Waals surface area contributed by atoms with Gasteiger partial charge in [0.25, 0.3) is 5.91 Å². The largest absolute Gasteiger partial charge is 0.497 e. The Bertz CT molecular complexity index is 656. The van der Waals surface area contributed by atoms with Crippen LogP contribution in [-0.4, -0.2) is 30.7 Å². The summed E-state index contributed by atoms with van der Waals surface area (Å²) in [6.07, 6.45) is -0.324. The van der Waals surface area contributed by atoms with Crippen molar-refractivity contribution < 1.29 is 14.3 Å². The zero-order valence-corrected chi connectivity index (χ0v) is 12.7. The highest BCUT2D eigenvalue weighted by Gasteiger charge is 2.34. The van der Waals surface area contributed by atoms with Crippen molar-refractivity contribution in [2.75, 3.05) is 13.7 Å².